The van der Waals surface area contributed by atoms with Gasteiger partial charge >= 0.3 is 6.18 Å². The molecule has 1 N–H and O–H groups in total. The average Bonchev–Trinajstić information content (AvgIpc) is 2.80. The van der Waals surface area contributed by atoms with Gasteiger partial charge in [-0.05, 0) is 36.6 Å². The van der Waals surface area contributed by atoms with Gasteiger partial charge in [0.25, 0.3) is 0 Å². The summed E-state index contributed by atoms with van der Waals surface area (Å²) in [6.07, 6.45) is -4.34. The number of halogens is 4. The van der Waals surface area contributed by atoms with E-state index < -0.39 is 11.7 Å². The monoisotopic (exact) mass is 349 g/mol. The first-order valence-corrected chi connectivity index (χ1v) is 7.21. The fourth-order valence-corrected chi connectivity index (χ4v) is 2.92. The Morgan fingerprint density at radius 3 is 2.58 bits per heavy atom. The molecule has 0 aliphatic heterocycles. The second-order valence-electron chi connectivity index (χ2n) is 4.11. The van der Waals surface area contributed by atoms with Crippen LogP contribution < -0.4 is 5.32 Å². The molecule has 0 saturated carbocycles. The van der Waals surface area contributed by atoms with E-state index in [1.165, 1.54) is 0 Å². The molecule has 0 aliphatic carbocycles. The first kappa shape index (κ1) is 14.4. The van der Waals surface area contributed by atoms with Crippen LogP contribution in [0.25, 0.3) is 0 Å². The zero-order valence-electron chi connectivity index (χ0n) is 9.96. The molecule has 6 heteroatoms. The summed E-state index contributed by atoms with van der Waals surface area (Å²) < 4.78 is 38.5. The fourth-order valence-electron chi connectivity index (χ4n) is 1.70. The summed E-state index contributed by atoms with van der Waals surface area (Å²) in [6, 6.07) is 7.66. The lowest BCUT2D eigenvalue weighted by Crippen LogP contribution is -2.08. The third-order valence-electron chi connectivity index (χ3n) is 2.58. The van der Waals surface area contributed by atoms with Gasteiger partial charge in [-0.1, -0.05) is 22.0 Å². The molecule has 1 atom stereocenters. The van der Waals surface area contributed by atoms with Crippen molar-refractivity contribution in [3.63, 3.8) is 0 Å². The van der Waals surface area contributed by atoms with Gasteiger partial charge in [0.05, 0.1) is 11.6 Å². The number of thiophene rings is 1. The zero-order valence-corrected chi connectivity index (χ0v) is 12.4. The van der Waals surface area contributed by atoms with Crippen molar-refractivity contribution >= 4 is 33.0 Å². The molecule has 1 nitrogen and oxygen atoms in total. The third-order valence-corrected chi connectivity index (χ3v) is 4.09. The van der Waals surface area contributed by atoms with Crippen molar-refractivity contribution in [1.82, 2.24) is 0 Å². The van der Waals surface area contributed by atoms with Gasteiger partial charge in [-0.2, -0.15) is 13.2 Å². The van der Waals surface area contributed by atoms with Crippen molar-refractivity contribution in [3.8, 4) is 0 Å². The van der Waals surface area contributed by atoms with Crippen molar-refractivity contribution in [1.29, 1.82) is 0 Å². The molecular weight excluding hydrogens is 339 g/mol. The summed E-state index contributed by atoms with van der Waals surface area (Å²) in [5.41, 5.74) is -0.217. The molecule has 1 unspecified atom stereocenters. The second kappa shape index (κ2) is 5.54. The van der Waals surface area contributed by atoms with Crippen LogP contribution in [0.15, 0.2) is 40.2 Å². The summed E-state index contributed by atoms with van der Waals surface area (Å²) in [7, 11) is 0. The van der Waals surface area contributed by atoms with E-state index in [1.807, 2.05) is 24.4 Å². The predicted octanol–water partition coefficient (Wildman–Crippen LogP) is 5.70. The van der Waals surface area contributed by atoms with Gasteiger partial charge in [-0.15, -0.1) is 11.3 Å². The highest BCUT2D eigenvalue weighted by Gasteiger charge is 2.31. The summed E-state index contributed by atoms with van der Waals surface area (Å²) >= 11 is 4.67. The molecule has 0 fully saturated rings. The Balaban J connectivity index is 2.23. The normalized spacial score (nSPS) is 13.3. The maximum atomic E-state index is 12.7. The topological polar surface area (TPSA) is 12.0 Å². The molecule has 19 heavy (non-hydrogen) atoms. The molecule has 0 saturated heterocycles. The largest absolute Gasteiger partial charge is 0.416 e. The molecule has 2 aromatic rings. The van der Waals surface area contributed by atoms with E-state index in [9.17, 15) is 13.2 Å². The summed E-state index contributed by atoms with van der Waals surface area (Å²) in [5.74, 6) is 0. The molecular formula is C13H11BrF3NS. The molecule has 1 aromatic carbocycles. The van der Waals surface area contributed by atoms with E-state index >= 15 is 0 Å². The Hall–Kier alpha value is -1.01. The van der Waals surface area contributed by atoms with Crippen molar-refractivity contribution < 1.29 is 13.2 Å². The Morgan fingerprint density at radius 1 is 1.26 bits per heavy atom. The molecule has 0 aliphatic rings. The predicted molar refractivity (Wildman–Crippen MR) is 75.5 cm³/mol. The smallest absolute Gasteiger partial charge is 0.378 e. The molecule has 0 bridgehead atoms. The number of anilines is 1. The van der Waals surface area contributed by atoms with Crippen LogP contribution in [0, 0.1) is 0 Å². The van der Waals surface area contributed by atoms with E-state index in [1.54, 1.807) is 17.4 Å². The molecule has 102 valence electrons. The van der Waals surface area contributed by atoms with Crippen LogP contribution in [-0.2, 0) is 6.18 Å². The standard InChI is InChI=1S/C13H11BrF3NS/c1-8(12-3-2-4-19-12)18-11-6-9(13(15,16)17)5-10(14)7-11/h2-8,18H,1H3. The van der Waals surface area contributed by atoms with Crippen molar-refractivity contribution in [2.45, 2.75) is 19.1 Å². The Labute approximate surface area is 121 Å². The van der Waals surface area contributed by atoms with Crippen molar-refractivity contribution in [2.75, 3.05) is 5.32 Å². The maximum absolute atomic E-state index is 12.7. The van der Waals surface area contributed by atoms with E-state index in [2.05, 4.69) is 21.2 Å². The number of nitrogens with one attached hydrogen (secondary N) is 1. The first-order chi connectivity index (χ1) is 8.86. The fraction of sp³-hybridized carbons (Fsp3) is 0.231. The highest BCUT2D eigenvalue weighted by atomic mass is 79.9. The van der Waals surface area contributed by atoms with Crippen LogP contribution in [0.1, 0.15) is 23.4 Å². The molecule has 0 spiro atoms. The molecule has 0 radical (unpaired) electrons. The SMILES string of the molecule is CC(Nc1cc(Br)cc(C(F)(F)F)c1)c1cccs1. The third kappa shape index (κ3) is 3.73. The van der Waals surface area contributed by atoms with Crippen LogP contribution in [0.5, 0.6) is 0 Å². The van der Waals surface area contributed by atoms with E-state index in [0.29, 0.717) is 10.2 Å². The lowest BCUT2D eigenvalue weighted by molar-refractivity contribution is -0.137. The molecule has 1 aromatic heterocycles. The number of hydrogen-bond acceptors (Lipinski definition) is 2. The summed E-state index contributed by atoms with van der Waals surface area (Å²) in [5, 5.41) is 5.02. The van der Waals surface area contributed by atoms with Crippen LogP contribution in [0.3, 0.4) is 0 Å². The van der Waals surface area contributed by atoms with Crippen LogP contribution >= 0.6 is 27.3 Å². The quantitative estimate of drug-likeness (QED) is 0.748. The number of benzene rings is 1. The highest BCUT2D eigenvalue weighted by Crippen LogP contribution is 2.34. The van der Waals surface area contributed by atoms with Crippen LogP contribution in [0.4, 0.5) is 18.9 Å². The molecule has 2 rings (SSSR count). The highest BCUT2D eigenvalue weighted by molar-refractivity contribution is 9.10. The minimum atomic E-state index is -4.34. The van der Waals surface area contributed by atoms with E-state index in [0.717, 1.165) is 17.0 Å². The van der Waals surface area contributed by atoms with Gasteiger partial charge in [0.1, 0.15) is 0 Å². The minimum absolute atomic E-state index is 0.0321. The van der Waals surface area contributed by atoms with Gasteiger partial charge in [-0.3, -0.25) is 0 Å². The number of rotatable bonds is 3. The Bertz CT molecular complexity index is 552. The molecule has 1 heterocycles. The molecule has 0 amide bonds. The van der Waals surface area contributed by atoms with Gasteiger partial charge in [0.2, 0.25) is 0 Å². The second-order valence-corrected chi connectivity index (χ2v) is 6.00. The zero-order chi connectivity index (χ0) is 14.0. The lowest BCUT2D eigenvalue weighted by atomic mass is 10.1. The van der Waals surface area contributed by atoms with E-state index in [4.69, 9.17) is 0 Å². The van der Waals surface area contributed by atoms with Crippen molar-refractivity contribution in [3.05, 3.63) is 50.6 Å². The number of alkyl halides is 3. The summed E-state index contributed by atoms with van der Waals surface area (Å²) in [4.78, 5) is 1.08. The van der Waals surface area contributed by atoms with Gasteiger partial charge in [-0.25, -0.2) is 0 Å². The minimum Gasteiger partial charge on any atom is -0.378 e. The average molecular weight is 350 g/mol. The van der Waals surface area contributed by atoms with Crippen molar-refractivity contribution in [2.24, 2.45) is 0 Å². The van der Waals surface area contributed by atoms with Gasteiger partial charge in [0.15, 0.2) is 0 Å². The lowest BCUT2D eigenvalue weighted by Gasteiger charge is -2.16. The van der Waals surface area contributed by atoms with Crippen LogP contribution in [-0.4, -0.2) is 0 Å². The first-order valence-electron chi connectivity index (χ1n) is 5.54. The van der Waals surface area contributed by atoms with E-state index in [-0.39, 0.29) is 6.04 Å². The van der Waals surface area contributed by atoms with Gasteiger partial charge < -0.3 is 5.32 Å². The summed E-state index contributed by atoms with van der Waals surface area (Å²) in [6.45, 7) is 1.92. The maximum Gasteiger partial charge on any atom is 0.416 e. The number of hydrogen-bond donors (Lipinski definition) is 1. The Morgan fingerprint density at radius 2 is 2.00 bits per heavy atom. The van der Waals surface area contributed by atoms with Crippen LogP contribution in [0.2, 0.25) is 0 Å². The Kier molecular flexibility index (Phi) is 4.20. The van der Waals surface area contributed by atoms with Gasteiger partial charge in [0, 0.05) is 15.0 Å².